The fourth-order valence-electron chi connectivity index (χ4n) is 4.06. The van der Waals surface area contributed by atoms with Gasteiger partial charge in [0.15, 0.2) is 0 Å². The van der Waals surface area contributed by atoms with E-state index in [9.17, 15) is 8.42 Å². The fourth-order valence-corrected chi connectivity index (χ4v) is 5.74. The van der Waals surface area contributed by atoms with Crippen molar-refractivity contribution in [3.05, 3.63) is 22.7 Å². The van der Waals surface area contributed by atoms with Gasteiger partial charge in [-0.1, -0.05) is 11.6 Å². The van der Waals surface area contributed by atoms with Crippen LogP contribution in [-0.4, -0.2) is 32.6 Å². The highest BCUT2D eigenvalue weighted by Crippen LogP contribution is 2.38. The Bertz CT molecular complexity index is 729. The zero-order valence-electron chi connectivity index (χ0n) is 13.4. The Morgan fingerprint density at radius 2 is 1.92 bits per heavy atom. The van der Waals surface area contributed by atoms with E-state index in [1.807, 2.05) is 6.92 Å². The van der Waals surface area contributed by atoms with Gasteiger partial charge in [-0.05, 0) is 44.7 Å². The molecule has 0 saturated carbocycles. The molecule has 0 aliphatic carbocycles. The average molecular weight is 393 g/mol. The summed E-state index contributed by atoms with van der Waals surface area (Å²) in [6.45, 7) is 1.95. The van der Waals surface area contributed by atoms with Crippen molar-refractivity contribution in [2.75, 3.05) is 0 Å². The molecule has 4 rings (SSSR count). The molecule has 2 bridgehead atoms. The number of sulfonamides is 1. The molecular weight excluding hydrogens is 371 g/mol. The van der Waals surface area contributed by atoms with Gasteiger partial charge in [-0.15, -0.1) is 12.4 Å². The van der Waals surface area contributed by atoms with Gasteiger partial charge in [0.25, 0.3) is 0 Å². The molecule has 1 aromatic carbocycles. The second-order valence-corrected chi connectivity index (χ2v) is 9.07. The molecule has 3 aliphatic heterocycles. The summed E-state index contributed by atoms with van der Waals surface area (Å²) in [5.41, 5.74) is 0.871. The van der Waals surface area contributed by atoms with Gasteiger partial charge < -0.3 is 10.1 Å². The highest BCUT2D eigenvalue weighted by molar-refractivity contribution is 7.89. The second-order valence-electron chi connectivity index (χ2n) is 6.95. The zero-order valence-corrected chi connectivity index (χ0v) is 15.8. The molecule has 0 amide bonds. The summed E-state index contributed by atoms with van der Waals surface area (Å²) in [5, 5.41) is 3.89. The van der Waals surface area contributed by atoms with Gasteiger partial charge in [0, 0.05) is 30.1 Å². The normalized spacial score (nSPS) is 31.2. The summed E-state index contributed by atoms with van der Waals surface area (Å²) < 4.78 is 34.0. The minimum atomic E-state index is -3.56. The lowest BCUT2D eigenvalue weighted by Crippen LogP contribution is -2.47. The van der Waals surface area contributed by atoms with Crippen LogP contribution in [0.25, 0.3) is 0 Å². The van der Waals surface area contributed by atoms with Crippen molar-refractivity contribution in [3.63, 3.8) is 0 Å². The van der Waals surface area contributed by atoms with Gasteiger partial charge in [-0.25, -0.2) is 13.1 Å². The molecule has 3 unspecified atom stereocenters. The molecule has 0 aromatic heterocycles. The van der Waals surface area contributed by atoms with Gasteiger partial charge in [-0.3, -0.25) is 0 Å². The smallest absolute Gasteiger partial charge is 0.240 e. The van der Waals surface area contributed by atoms with Crippen molar-refractivity contribution >= 4 is 34.0 Å². The lowest BCUT2D eigenvalue weighted by Gasteiger charge is -2.29. The quantitative estimate of drug-likeness (QED) is 0.829. The van der Waals surface area contributed by atoms with Crippen LogP contribution in [0.5, 0.6) is 5.75 Å². The third kappa shape index (κ3) is 3.40. The van der Waals surface area contributed by atoms with Crippen LogP contribution in [0.15, 0.2) is 17.0 Å². The van der Waals surface area contributed by atoms with Crippen LogP contribution < -0.4 is 14.8 Å². The lowest BCUT2D eigenvalue weighted by atomic mass is 10.0. The van der Waals surface area contributed by atoms with Crippen LogP contribution in [-0.2, 0) is 16.4 Å². The molecule has 3 heterocycles. The molecule has 1 aromatic rings. The van der Waals surface area contributed by atoms with Gasteiger partial charge in [0.2, 0.25) is 10.0 Å². The van der Waals surface area contributed by atoms with Crippen molar-refractivity contribution < 1.29 is 13.2 Å². The maximum atomic E-state index is 12.7. The van der Waals surface area contributed by atoms with E-state index in [2.05, 4.69) is 10.0 Å². The van der Waals surface area contributed by atoms with E-state index in [1.54, 1.807) is 6.07 Å². The molecule has 0 spiro atoms. The van der Waals surface area contributed by atoms with E-state index in [1.165, 1.54) is 6.07 Å². The molecule has 8 heteroatoms. The summed E-state index contributed by atoms with van der Waals surface area (Å²) >= 11 is 6.22. The van der Waals surface area contributed by atoms with Gasteiger partial charge in [0.1, 0.15) is 11.9 Å². The average Bonchev–Trinajstić information content (AvgIpc) is 3.00. The fraction of sp³-hybridized carbons (Fsp3) is 0.625. The molecule has 5 nitrogen and oxygen atoms in total. The zero-order chi connectivity index (χ0) is 16.2. The number of benzene rings is 1. The van der Waals surface area contributed by atoms with Crippen LogP contribution in [0, 0.1) is 0 Å². The maximum absolute atomic E-state index is 12.7. The van der Waals surface area contributed by atoms with Gasteiger partial charge >= 0.3 is 0 Å². The van der Waals surface area contributed by atoms with Crippen molar-refractivity contribution in [2.45, 2.75) is 68.2 Å². The lowest BCUT2D eigenvalue weighted by molar-refractivity contribution is 0.255. The summed E-state index contributed by atoms with van der Waals surface area (Å²) in [4.78, 5) is 0.241. The van der Waals surface area contributed by atoms with Crippen LogP contribution >= 0.6 is 24.0 Å². The molecule has 0 radical (unpaired) electrons. The predicted octanol–water partition coefficient (Wildman–Crippen LogP) is 2.65. The Hall–Kier alpha value is -0.530. The number of rotatable bonds is 3. The Morgan fingerprint density at radius 3 is 2.58 bits per heavy atom. The summed E-state index contributed by atoms with van der Waals surface area (Å²) in [7, 11) is -3.56. The highest BCUT2D eigenvalue weighted by Gasteiger charge is 2.36. The van der Waals surface area contributed by atoms with E-state index in [0.29, 0.717) is 29.3 Å². The van der Waals surface area contributed by atoms with E-state index in [0.717, 1.165) is 31.2 Å². The molecule has 2 N–H and O–H groups in total. The standard InChI is InChI=1S/C16H21ClN2O3S.ClH/c1-9-4-10-5-14(8-15(17)16(10)22-9)23(20,21)19-13-6-11-2-3-12(7-13)18-11;/h5,8-9,11-13,18-19H,2-4,6-7H2,1H3;1H. The first-order valence-corrected chi connectivity index (χ1v) is 10.0. The molecule has 24 heavy (non-hydrogen) atoms. The van der Waals surface area contributed by atoms with E-state index in [-0.39, 0.29) is 29.4 Å². The van der Waals surface area contributed by atoms with Crippen LogP contribution in [0.3, 0.4) is 0 Å². The Kier molecular flexibility index (Phi) is 5.06. The molecule has 2 saturated heterocycles. The number of halogens is 2. The summed E-state index contributed by atoms with van der Waals surface area (Å²) in [6.07, 6.45) is 4.72. The van der Waals surface area contributed by atoms with Crippen molar-refractivity contribution in [1.82, 2.24) is 10.0 Å². The van der Waals surface area contributed by atoms with Gasteiger partial charge in [-0.2, -0.15) is 0 Å². The Labute approximate surface area is 153 Å². The SMILES string of the molecule is CC1Cc2cc(S(=O)(=O)NC3CC4CCC(C3)N4)cc(Cl)c2O1.Cl. The molecular formula is C16H22Cl2N2O3S. The van der Waals surface area contributed by atoms with E-state index >= 15 is 0 Å². The molecule has 3 aliphatic rings. The number of fused-ring (bicyclic) bond motifs is 3. The van der Waals surface area contributed by atoms with Gasteiger partial charge in [0.05, 0.1) is 9.92 Å². The molecule has 2 fully saturated rings. The largest absolute Gasteiger partial charge is 0.489 e. The Morgan fingerprint density at radius 1 is 1.25 bits per heavy atom. The Balaban J connectivity index is 0.00000169. The van der Waals surface area contributed by atoms with Crippen LogP contribution in [0.2, 0.25) is 5.02 Å². The number of hydrogen-bond donors (Lipinski definition) is 2. The monoisotopic (exact) mass is 392 g/mol. The van der Waals surface area contributed by atoms with Crippen molar-refractivity contribution in [1.29, 1.82) is 0 Å². The summed E-state index contributed by atoms with van der Waals surface area (Å²) in [6, 6.07) is 4.08. The minimum absolute atomic E-state index is 0. The topological polar surface area (TPSA) is 67.4 Å². The van der Waals surface area contributed by atoms with Crippen LogP contribution in [0.1, 0.15) is 38.2 Å². The number of hydrogen-bond acceptors (Lipinski definition) is 4. The van der Waals surface area contributed by atoms with E-state index in [4.69, 9.17) is 16.3 Å². The highest BCUT2D eigenvalue weighted by atomic mass is 35.5. The minimum Gasteiger partial charge on any atom is -0.489 e. The number of ether oxygens (including phenoxy) is 1. The first kappa shape index (κ1) is 18.3. The van der Waals surface area contributed by atoms with E-state index < -0.39 is 10.0 Å². The summed E-state index contributed by atoms with van der Waals surface area (Å²) in [5.74, 6) is 0.623. The third-order valence-corrected chi connectivity index (χ3v) is 6.81. The molecule has 134 valence electrons. The van der Waals surface area contributed by atoms with Crippen molar-refractivity contribution in [2.24, 2.45) is 0 Å². The first-order chi connectivity index (χ1) is 10.9. The first-order valence-electron chi connectivity index (χ1n) is 8.18. The number of piperidine rings is 1. The third-order valence-electron chi connectivity index (χ3n) is 5.03. The maximum Gasteiger partial charge on any atom is 0.240 e. The second kappa shape index (κ2) is 6.65. The number of nitrogens with one attached hydrogen (secondary N) is 2. The molecule has 3 atom stereocenters. The van der Waals surface area contributed by atoms with Crippen molar-refractivity contribution in [3.8, 4) is 5.75 Å². The van der Waals surface area contributed by atoms with Crippen LogP contribution in [0.4, 0.5) is 0 Å². The predicted molar refractivity (Wildman–Crippen MR) is 95.8 cm³/mol.